The molecule has 1 saturated heterocycles. The Morgan fingerprint density at radius 3 is 2.86 bits per heavy atom. The lowest BCUT2D eigenvalue weighted by atomic mass is 9.70. The second-order valence-electron chi connectivity index (χ2n) is 6.21. The van der Waals surface area contributed by atoms with Crippen molar-refractivity contribution in [3.05, 3.63) is 35.5 Å². The molecule has 0 bridgehead atoms. The van der Waals surface area contributed by atoms with Gasteiger partial charge < -0.3 is 19.5 Å². The highest BCUT2D eigenvalue weighted by molar-refractivity contribution is 5.49. The number of allylic oxidation sites excluding steroid dienone is 1. The molecule has 4 heteroatoms. The van der Waals surface area contributed by atoms with Crippen LogP contribution in [-0.4, -0.2) is 43.4 Å². The predicted octanol–water partition coefficient (Wildman–Crippen LogP) is 2.71. The zero-order valence-corrected chi connectivity index (χ0v) is 13.6. The fourth-order valence-electron chi connectivity index (χ4n) is 3.85. The molecule has 0 radical (unpaired) electrons. The minimum atomic E-state index is -0.326. The van der Waals surface area contributed by atoms with Crippen LogP contribution in [0.5, 0.6) is 11.5 Å². The summed E-state index contributed by atoms with van der Waals surface area (Å²) < 4.78 is 11.1. The van der Waals surface area contributed by atoms with E-state index in [1.54, 1.807) is 7.11 Å². The zero-order chi connectivity index (χ0) is 15.7. The molecule has 1 aromatic carbocycles. The van der Waals surface area contributed by atoms with Gasteiger partial charge in [-0.1, -0.05) is 6.07 Å². The number of nitrogens with zero attached hydrogens (tertiary/aromatic N) is 1. The molecule has 1 heterocycles. The molecule has 1 aliphatic carbocycles. The van der Waals surface area contributed by atoms with E-state index in [1.807, 2.05) is 19.1 Å². The Hall–Kier alpha value is -1.68. The van der Waals surface area contributed by atoms with Crippen LogP contribution in [0.3, 0.4) is 0 Å². The van der Waals surface area contributed by atoms with Crippen LogP contribution in [0, 0.1) is 0 Å². The number of rotatable bonds is 4. The van der Waals surface area contributed by atoms with Crippen LogP contribution < -0.4 is 9.47 Å². The van der Waals surface area contributed by atoms with Crippen molar-refractivity contribution in [1.82, 2.24) is 4.90 Å². The maximum atomic E-state index is 10.0. The average Bonchev–Trinajstić information content (AvgIpc) is 2.86. The summed E-state index contributed by atoms with van der Waals surface area (Å²) in [4.78, 5) is 2.27. The molecule has 1 fully saturated rings. The van der Waals surface area contributed by atoms with Gasteiger partial charge in [0.05, 0.1) is 19.8 Å². The van der Waals surface area contributed by atoms with Gasteiger partial charge in [-0.2, -0.15) is 0 Å². The summed E-state index contributed by atoms with van der Waals surface area (Å²) in [6.07, 6.45) is 4.57. The number of aliphatic hydroxyl groups excluding tert-OH is 1. The fraction of sp³-hybridized carbons (Fsp3) is 0.556. The molecule has 3 rings (SSSR count). The van der Waals surface area contributed by atoms with Gasteiger partial charge in [0.2, 0.25) is 0 Å². The van der Waals surface area contributed by atoms with Gasteiger partial charge in [-0.15, -0.1) is 0 Å². The average molecular weight is 303 g/mol. The number of likely N-dealkylation sites (N-methyl/N-ethyl adjacent to an activating group) is 1. The number of aliphatic hydroxyl groups is 1. The summed E-state index contributed by atoms with van der Waals surface area (Å²) in [5, 5.41) is 10.0. The zero-order valence-electron chi connectivity index (χ0n) is 13.6. The molecule has 0 aromatic heterocycles. The van der Waals surface area contributed by atoms with Crippen LogP contribution >= 0.6 is 0 Å². The standard InChI is InChI=1S/C18H25NO3/c1-4-22-15-6-5-13(11-16(15)21-3)18-8-7-14(20)12-17(18)19(2)10-9-18/h5-6,11-12,14,20H,4,7-10H2,1-3H3/t14-,18+/m1/s1. The SMILES string of the molecule is CCOc1ccc([C@@]23CC[C@@H](O)C=C2N(C)CC3)cc1OC. The van der Waals surface area contributed by atoms with E-state index >= 15 is 0 Å². The number of methoxy groups -OCH3 is 1. The smallest absolute Gasteiger partial charge is 0.161 e. The predicted molar refractivity (Wildman–Crippen MR) is 86.4 cm³/mol. The van der Waals surface area contributed by atoms with E-state index in [0.717, 1.165) is 37.3 Å². The summed E-state index contributed by atoms with van der Waals surface area (Å²) in [5.74, 6) is 1.58. The van der Waals surface area contributed by atoms with Gasteiger partial charge in [0.15, 0.2) is 11.5 Å². The minimum Gasteiger partial charge on any atom is -0.493 e. The van der Waals surface area contributed by atoms with Gasteiger partial charge in [0.1, 0.15) is 0 Å². The van der Waals surface area contributed by atoms with Crippen molar-refractivity contribution in [2.45, 2.75) is 37.7 Å². The molecule has 1 aromatic rings. The van der Waals surface area contributed by atoms with Crippen molar-refractivity contribution < 1.29 is 14.6 Å². The summed E-state index contributed by atoms with van der Waals surface area (Å²) >= 11 is 0. The molecule has 120 valence electrons. The molecule has 22 heavy (non-hydrogen) atoms. The molecule has 1 aliphatic heterocycles. The van der Waals surface area contributed by atoms with E-state index in [0.29, 0.717) is 6.61 Å². The topological polar surface area (TPSA) is 41.9 Å². The third-order valence-electron chi connectivity index (χ3n) is 5.01. The van der Waals surface area contributed by atoms with Crippen molar-refractivity contribution in [2.24, 2.45) is 0 Å². The number of hydrogen-bond donors (Lipinski definition) is 1. The summed E-state index contributed by atoms with van der Waals surface area (Å²) in [6.45, 7) is 3.62. The van der Waals surface area contributed by atoms with Crippen molar-refractivity contribution in [1.29, 1.82) is 0 Å². The van der Waals surface area contributed by atoms with Gasteiger partial charge in [-0.05, 0) is 50.0 Å². The van der Waals surface area contributed by atoms with E-state index in [1.165, 1.54) is 11.3 Å². The Balaban J connectivity index is 2.04. The number of fused-ring (bicyclic) bond motifs is 1. The quantitative estimate of drug-likeness (QED) is 0.928. The van der Waals surface area contributed by atoms with Crippen molar-refractivity contribution in [2.75, 3.05) is 27.3 Å². The second-order valence-corrected chi connectivity index (χ2v) is 6.21. The van der Waals surface area contributed by atoms with E-state index in [4.69, 9.17) is 9.47 Å². The highest BCUT2D eigenvalue weighted by Crippen LogP contribution is 2.50. The van der Waals surface area contributed by atoms with Gasteiger partial charge in [0, 0.05) is 24.7 Å². The monoisotopic (exact) mass is 303 g/mol. The third kappa shape index (κ3) is 2.35. The Labute approximate surface area is 132 Å². The molecule has 4 nitrogen and oxygen atoms in total. The van der Waals surface area contributed by atoms with Crippen molar-refractivity contribution >= 4 is 0 Å². The van der Waals surface area contributed by atoms with Gasteiger partial charge in [-0.3, -0.25) is 0 Å². The minimum absolute atomic E-state index is 0.00596. The summed E-state index contributed by atoms with van der Waals surface area (Å²) in [5.41, 5.74) is 2.51. The van der Waals surface area contributed by atoms with Gasteiger partial charge >= 0.3 is 0 Å². The first kappa shape index (κ1) is 15.2. The first-order valence-corrected chi connectivity index (χ1v) is 8.03. The number of hydrogen-bond acceptors (Lipinski definition) is 4. The lowest BCUT2D eigenvalue weighted by Crippen LogP contribution is -2.33. The van der Waals surface area contributed by atoms with Gasteiger partial charge in [0.25, 0.3) is 0 Å². The van der Waals surface area contributed by atoms with Gasteiger partial charge in [-0.25, -0.2) is 0 Å². The number of benzene rings is 1. The molecular weight excluding hydrogens is 278 g/mol. The van der Waals surface area contributed by atoms with Crippen LogP contribution in [0.25, 0.3) is 0 Å². The summed E-state index contributed by atoms with van der Waals surface area (Å²) in [6, 6.07) is 6.27. The molecule has 0 saturated carbocycles. The molecule has 0 unspecified atom stereocenters. The Morgan fingerprint density at radius 2 is 2.14 bits per heavy atom. The molecule has 2 aliphatic rings. The fourth-order valence-corrected chi connectivity index (χ4v) is 3.85. The molecule has 2 atom stereocenters. The maximum absolute atomic E-state index is 10.0. The normalized spacial score (nSPS) is 27.4. The van der Waals surface area contributed by atoms with Crippen LogP contribution in [0.1, 0.15) is 31.7 Å². The lowest BCUT2D eigenvalue weighted by molar-refractivity contribution is 0.181. The highest BCUT2D eigenvalue weighted by Gasteiger charge is 2.45. The largest absolute Gasteiger partial charge is 0.493 e. The molecule has 0 amide bonds. The Kier molecular flexibility index (Phi) is 4.04. The Bertz CT molecular complexity index is 584. The summed E-state index contributed by atoms with van der Waals surface area (Å²) in [7, 11) is 3.79. The number of ether oxygens (including phenoxy) is 2. The molecular formula is C18H25NO3. The van der Waals surface area contributed by atoms with Crippen molar-refractivity contribution in [3.63, 3.8) is 0 Å². The Morgan fingerprint density at radius 1 is 1.32 bits per heavy atom. The van der Waals surface area contributed by atoms with Crippen LogP contribution in [0.2, 0.25) is 0 Å². The number of likely N-dealkylation sites (tertiary alicyclic amines) is 1. The van der Waals surface area contributed by atoms with E-state index in [9.17, 15) is 5.11 Å². The molecule has 0 spiro atoms. The second kappa shape index (κ2) is 5.84. The van der Waals surface area contributed by atoms with Crippen LogP contribution in [-0.2, 0) is 5.41 Å². The first-order chi connectivity index (χ1) is 10.6. The van der Waals surface area contributed by atoms with Crippen molar-refractivity contribution in [3.8, 4) is 11.5 Å². The van der Waals surface area contributed by atoms with E-state index in [2.05, 4.69) is 24.1 Å². The van der Waals surface area contributed by atoms with Crippen LogP contribution in [0.15, 0.2) is 30.0 Å². The maximum Gasteiger partial charge on any atom is 0.161 e. The third-order valence-corrected chi connectivity index (χ3v) is 5.01. The van der Waals surface area contributed by atoms with E-state index in [-0.39, 0.29) is 11.5 Å². The van der Waals surface area contributed by atoms with Crippen LogP contribution in [0.4, 0.5) is 0 Å². The van der Waals surface area contributed by atoms with E-state index < -0.39 is 0 Å². The highest BCUT2D eigenvalue weighted by atomic mass is 16.5. The molecule has 1 N–H and O–H groups in total. The first-order valence-electron chi connectivity index (χ1n) is 8.03. The lowest BCUT2D eigenvalue weighted by Gasteiger charge is -2.37.